The molecule has 0 saturated carbocycles. The minimum atomic E-state index is -0.160. The van der Waals surface area contributed by atoms with Crippen LogP contribution in [0.3, 0.4) is 0 Å². The highest BCUT2D eigenvalue weighted by atomic mass is 16.3. The van der Waals surface area contributed by atoms with Gasteiger partial charge in [0.2, 0.25) is 0 Å². The first-order chi connectivity index (χ1) is 33.2. The minimum Gasteiger partial charge on any atom is -0.455 e. The predicted octanol–water partition coefficient (Wildman–Crippen LogP) is 13.6. The van der Waals surface area contributed by atoms with Crippen LogP contribution in [0, 0.1) is 13.8 Å². The number of furan rings is 1. The van der Waals surface area contributed by atoms with Crippen LogP contribution in [0.15, 0.2) is 181 Å². The van der Waals surface area contributed by atoms with E-state index < -0.39 is 0 Å². The molecule has 2 aromatic heterocycles. The van der Waals surface area contributed by atoms with E-state index in [1.54, 1.807) is 0 Å². The Morgan fingerprint density at radius 3 is 1.84 bits per heavy atom. The van der Waals surface area contributed by atoms with Gasteiger partial charge in [-0.1, -0.05) is 164 Å². The summed E-state index contributed by atoms with van der Waals surface area (Å²) in [7, 11) is 0. The quantitative estimate of drug-likeness (QED) is 0.161. The molecule has 4 heterocycles. The monoisotopic (exact) mass is 893 g/mol. The van der Waals surface area contributed by atoms with E-state index in [1.807, 2.05) is 24.3 Å². The van der Waals surface area contributed by atoms with Crippen LogP contribution < -0.4 is 36.8 Å². The first kappa shape index (κ1) is 42.6. The van der Waals surface area contributed by atoms with E-state index in [1.165, 1.54) is 88.9 Å². The van der Waals surface area contributed by atoms with E-state index in [0.717, 1.165) is 44.1 Å². The Balaban J connectivity index is 1.20. The molecule has 2 aliphatic rings. The lowest BCUT2D eigenvalue weighted by Gasteiger charge is -2.46. The summed E-state index contributed by atoms with van der Waals surface area (Å²) in [6, 6.07) is 60.8. The largest absolute Gasteiger partial charge is 0.455 e. The SMILES string of the molecule is C=C/C(c1ccc(N2c3cc4c(cc3B3c5ccc(C(C)(C)C)cc5N(c5c(C)cccc5C)c5cc(C(C)(C)C)cc2c53)c2ccccc2n4-c2ccccc2)cc1)=c1/oc2ccccc2c1=C. The molecule has 10 aromatic rings. The first-order valence-electron chi connectivity index (χ1n) is 24.3. The third-order valence-corrected chi connectivity index (χ3v) is 14.9. The van der Waals surface area contributed by atoms with Gasteiger partial charge in [0.15, 0.2) is 0 Å². The summed E-state index contributed by atoms with van der Waals surface area (Å²) in [5.74, 6) is 0. The molecule has 4 nitrogen and oxygen atoms in total. The summed E-state index contributed by atoms with van der Waals surface area (Å²) in [6.45, 7) is 27.2. The molecule has 0 N–H and O–H groups in total. The fourth-order valence-electron chi connectivity index (χ4n) is 11.3. The molecule has 0 radical (unpaired) electrons. The van der Waals surface area contributed by atoms with Crippen molar-refractivity contribution in [3.63, 3.8) is 0 Å². The molecule has 69 heavy (non-hydrogen) atoms. The number of aromatic nitrogens is 1. The van der Waals surface area contributed by atoms with Crippen molar-refractivity contribution in [3.05, 3.63) is 215 Å². The van der Waals surface area contributed by atoms with Crippen molar-refractivity contribution in [1.82, 2.24) is 4.57 Å². The topological polar surface area (TPSA) is 24.6 Å². The van der Waals surface area contributed by atoms with Crippen molar-refractivity contribution in [2.24, 2.45) is 0 Å². The van der Waals surface area contributed by atoms with Gasteiger partial charge in [-0.2, -0.15) is 0 Å². The Morgan fingerprint density at radius 1 is 0.536 bits per heavy atom. The number of anilines is 6. The van der Waals surface area contributed by atoms with E-state index >= 15 is 0 Å². The molecule has 0 fully saturated rings. The fourth-order valence-corrected chi connectivity index (χ4v) is 11.3. The third-order valence-electron chi connectivity index (χ3n) is 14.9. The number of para-hydroxylation sites is 4. The zero-order valence-corrected chi connectivity index (χ0v) is 40.9. The van der Waals surface area contributed by atoms with Gasteiger partial charge in [0.1, 0.15) is 11.0 Å². The summed E-state index contributed by atoms with van der Waals surface area (Å²) in [5.41, 5.74) is 22.9. The lowest BCUT2D eigenvalue weighted by molar-refractivity contribution is 0.573. The Labute approximate surface area is 405 Å². The van der Waals surface area contributed by atoms with Gasteiger partial charge in [0.05, 0.1) is 16.7 Å². The number of fused-ring (bicyclic) bond motifs is 8. The highest BCUT2D eigenvalue weighted by molar-refractivity contribution is 7.00. The highest BCUT2D eigenvalue weighted by Gasteiger charge is 2.45. The lowest BCUT2D eigenvalue weighted by Crippen LogP contribution is -2.61. The molecule has 0 spiro atoms. The van der Waals surface area contributed by atoms with Crippen LogP contribution in [-0.2, 0) is 10.8 Å². The molecule has 336 valence electrons. The number of allylic oxidation sites excluding steroid dienone is 1. The fraction of sp³-hybridized carbons (Fsp3) is 0.156. The van der Waals surface area contributed by atoms with E-state index in [0.29, 0.717) is 0 Å². The molecule has 8 aromatic carbocycles. The molecular formula is C64H56BN3O. The normalized spacial score (nSPS) is 13.8. The lowest BCUT2D eigenvalue weighted by atomic mass is 9.33. The number of benzene rings is 8. The van der Waals surface area contributed by atoms with Gasteiger partial charge in [-0.25, -0.2) is 0 Å². The summed E-state index contributed by atoms with van der Waals surface area (Å²) < 4.78 is 8.92. The Bertz CT molecular complexity index is 3860. The van der Waals surface area contributed by atoms with Gasteiger partial charge in [0.25, 0.3) is 6.71 Å². The second-order valence-electron chi connectivity index (χ2n) is 21.2. The summed E-state index contributed by atoms with van der Waals surface area (Å²) in [4.78, 5) is 5.16. The van der Waals surface area contributed by atoms with E-state index in [4.69, 9.17) is 4.42 Å². The number of hydrogen-bond donors (Lipinski definition) is 0. The molecule has 0 bridgehead atoms. The molecule has 0 aliphatic carbocycles. The molecule has 0 saturated heterocycles. The highest BCUT2D eigenvalue weighted by Crippen LogP contribution is 2.49. The van der Waals surface area contributed by atoms with Crippen LogP contribution in [-0.4, -0.2) is 11.3 Å². The van der Waals surface area contributed by atoms with Crippen LogP contribution in [0.5, 0.6) is 0 Å². The van der Waals surface area contributed by atoms with Crippen LogP contribution in [0.1, 0.15) is 69.4 Å². The second-order valence-corrected chi connectivity index (χ2v) is 21.2. The Morgan fingerprint density at radius 2 is 1.16 bits per heavy atom. The maximum atomic E-state index is 6.48. The molecule has 12 rings (SSSR count). The minimum absolute atomic E-state index is 0.0494. The number of nitrogens with zero attached hydrogens (tertiary/aromatic N) is 3. The summed E-state index contributed by atoms with van der Waals surface area (Å²) in [6.07, 6.45) is 1.90. The van der Waals surface area contributed by atoms with Crippen molar-refractivity contribution in [2.75, 3.05) is 9.80 Å². The zero-order valence-electron chi connectivity index (χ0n) is 40.9. The number of hydrogen-bond acceptors (Lipinski definition) is 3. The van der Waals surface area contributed by atoms with Crippen molar-refractivity contribution in [1.29, 1.82) is 0 Å². The molecule has 2 aliphatic heterocycles. The Hall–Kier alpha value is -7.76. The second kappa shape index (κ2) is 15.4. The molecular weight excluding hydrogens is 838 g/mol. The van der Waals surface area contributed by atoms with Crippen LogP contribution in [0.4, 0.5) is 34.1 Å². The van der Waals surface area contributed by atoms with Gasteiger partial charge in [0, 0.05) is 61.1 Å². The molecule has 0 unspecified atom stereocenters. The molecule has 0 atom stereocenters. The van der Waals surface area contributed by atoms with Crippen molar-refractivity contribution in [3.8, 4) is 5.69 Å². The standard InChI is InChI=1S/C64H56BN3O/c1-11-47(62-41(4)48-24-16-18-27-59(48)69-62)42-28-31-46(32-29-42)67-56-38-54-50(49-25-15-17-26-53(49)66(54)45-22-13-12-14-23-45)37-52(56)65-51-33-30-43(63(5,6)7)34-55(51)68(61-39(2)20-19-21-40(61)3)58-36-44(64(8,9)10)35-57(67)60(58)65/h11-38H,1,4H2,2-3,5-10H3/b62-47-. The van der Waals surface area contributed by atoms with Crippen molar-refractivity contribution >= 4 is 102 Å². The number of rotatable bonds is 5. The average Bonchev–Trinajstić information content (AvgIpc) is 3.84. The van der Waals surface area contributed by atoms with Gasteiger partial charge < -0.3 is 18.8 Å². The number of aryl methyl sites for hydroxylation is 2. The van der Waals surface area contributed by atoms with Crippen LogP contribution >= 0.6 is 0 Å². The van der Waals surface area contributed by atoms with Gasteiger partial charge in [-0.05, 0) is 130 Å². The zero-order chi connectivity index (χ0) is 47.7. The molecule has 0 amide bonds. The predicted molar refractivity (Wildman–Crippen MR) is 295 cm³/mol. The van der Waals surface area contributed by atoms with Crippen molar-refractivity contribution < 1.29 is 4.42 Å². The van der Waals surface area contributed by atoms with E-state index in [2.05, 4.69) is 229 Å². The first-order valence-corrected chi connectivity index (χ1v) is 24.3. The van der Waals surface area contributed by atoms with E-state index in [-0.39, 0.29) is 17.5 Å². The Kier molecular flexibility index (Phi) is 9.49. The smallest absolute Gasteiger partial charge is 0.252 e. The average molecular weight is 894 g/mol. The third kappa shape index (κ3) is 6.51. The van der Waals surface area contributed by atoms with Crippen LogP contribution in [0.2, 0.25) is 0 Å². The van der Waals surface area contributed by atoms with E-state index in [9.17, 15) is 0 Å². The summed E-state index contributed by atoms with van der Waals surface area (Å²) in [5, 5.41) is 4.36. The van der Waals surface area contributed by atoms with Gasteiger partial charge >= 0.3 is 0 Å². The maximum absolute atomic E-state index is 6.48. The van der Waals surface area contributed by atoms with Gasteiger partial charge in [-0.15, -0.1) is 0 Å². The maximum Gasteiger partial charge on any atom is 0.252 e. The van der Waals surface area contributed by atoms with Crippen LogP contribution in [0.25, 0.3) is 50.6 Å². The molecule has 5 heteroatoms. The van der Waals surface area contributed by atoms with Crippen molar-refractivity contribution in [2.45, 2.75) is 66.2 Å². The summed E-state index contributed by atoms with van der Waals surface area (Å²) >= 11 is 0. The van der Waals surface area contributed by atoms with Gasteiger partial charge in [-0.3, -0.25) is 0 Å².